The average molecular weight is 429 g/mol. The number of rotatable bonds is 6. The smallest absolute Gasteiger partial charge is 0.407 e. The second-order valence-electron chi connectivity index (χ2n) is 7.61. The standard InChI is InChI=1S/C24H19N3O5/c28-23(29)21(12-14-6-5-11-20-22(14)27-32-26-20)25-24(30)31-13-19-17-9-3-1-7-15(17)16-8-2-4-10-18(16)19/h1-11,19,21H,12-13H2,(H,25,30)(H,28,29). The van der Waals surface area contributed by atoms with Crippen molar-refractivity contribution in [2.45, 2.75) is 18.4 Å². The minimum Gasteiger partial charge on any atom is -0.480 e. The lowest BCUT2D eigenvalue weighted by molar-refractivity contribution is -0.139. The van der Waals surface area contributed by atoms with Gasteiger partial charge in [0.25, 0.3) is 0 Å². The molecule has 8 heteroatoms. The van der Waals surface area contributed by atoms with Gasteiger partial charge in [-0.15, -0.1) is 0 Å². The number of carbonyl (C=O) groups excluding carboxylic acids is 1. The van der Waals surface area contributed by atoms with Crippen LogP contribution in [0, 0.1) is 0 Å². The third-order valence-electron chi connectivity index (χ3n) is 5.73. The number of aliphatic carboxylic acids is 1. The van der Waals surface area contributed by atoms with Gasteiger partial charge >= 0.3 is 12.1 Å². The summed E-state index contributed by atoms with van der Waals surface area (Å²) in [5.41, 5.74) is 6.00. The van der Waals surface area contributed by atoms with E-state index in [9.17, 15) is 14.7 Å². The number of benzene rings is 3. The molecule has 1 amide bonds. The highest BCUT2D eigenvalue weighted by molar-refractivity contribution is 5.83. The van der Waals surface area contributed by atoms with E-state index < -0.39 is 18.1 Å². The molecule has 1 unspecified atom stereocenters. The number of nitrogens with zero attached hydrogens (tertiary/aromatic N) is 2. The fourth-order valence-electron chi connectivity index (χ4n) is 4.23. The Balaban J connectivity index is 1.29. The maximum absolute atomic E-state index is 12.5. The molecule has 4 aromatic rings. The average Bonchev–Trinajstić information content (AvgIpc) is 3.41. The molecule has 3 aromatic carbocycles. The Morgan fingerprint density at radius 1 is 0.969 bits per heavy atom. The highest BCUT2D eigenvalue weighted by atomic mass is 16.6. The lowest BCUT2D eigenvalue weighted by Crippen LogP contribution is -2.43. The van der Waals surface area contributed by atoms with E-state index in [1.807, 2.05) is 48.5 Å². The molecule has 0 aliphatic heterocycles. The maximum atomic E-state index is 12.5. The van der Waals surface area contributed by atoms with Gasteiger partial charge in [-0.05, 0) is 44.2 Å². The number of amides is 1. The summed E-state index contributed by atoms with van der Waals surface area (Å²) in [6.07, 6.45) is -0.768. The Kier molecular flexibility index (Phi) is 5.03. The summed E-state index contributed by atoms with van der Waals surface area (Å²) in [4.78, 5) is 24.3. The van der Waals surface area contributed by atoms with E-state index in [4.69, 9.17) is 9.37 Å². The quantitative estimate of drug-likeness (QED) is 0.480. The number of hydrogen-bond acceptors (Lipinski definition) is 6. The number of hydrogen-bond donors (Lipinski definition) is 2. The van der Waals surface area contributed by atoms with Crippen molar-refractivity contribution in [3.05, 3.63) is 83.4 Å². The van der Waals surface area contributed by atoms with Gasteiger partial charge in [0.05, 0.1) is 0 Å². The highest BCUT2D eigenvalue weighted by Gasteiger charge is 2.30. The van der Waals surface area contributed by atoms with Gasteiger partial charge < -0.3 is 15.2 Å². The summed E-state index contributed by atoms with van der Waals surface area (Å²) in [6.45, 7) is 0.106. The molecule has 1 aliphatic carbocycles. The van der Waals surface area contributed by atoms with Crippen LogP contribution in [0.3, 0.4) is 0 Å². The van der Waals surface area contributed by atoms with Crippen LogP contribution in [0.15, 0.2) is 71.4 Å². The van der Waals surface area contributed by atoms with Crippen LogP contribution in [0.2, 0.25) is 0 Å². The molecule has 160 valence electrons. The summed E-state index contributed by atoms with van der Waals surface area (Å²) in [5.74, 6) is -1.28. The fourth-order valence-corrected chi connectivity index (χ4v) is 4.23. The van der Waals surface area contributed by atoms with Crippen LogP contribution in [0.5, 0.6) is 0 Å². The molecular formula is C24H19N3O5. The van der Waals surface area contributed by atoms with Gasteiger partial charge in [0.2, 0.25) is 0 Å². The molecule has 0 saturated heterocycles. The van der Waals surface area contributed by atoms with E-state index >= 15 is 0 Å². The minimum atomic E-state index is -1.19. The summed E-state index contributed by atoms with van der Waals surface area (Å²) >= 11 is 0. The monoisotopic (exact) mass is 429 g/mol. The molecule has 0 saturated carbocycles. The second-order valence-corrected chi connectivity index (χ2v) is 7.61. The van der Waals surface area contributed by atoms with Crippen molar-refractivity contribution >= 4 is 23.1 Å². The van der Waals surface area contributed by atoms with Crippen LogP contribution in [-0.2, 0) is 16.0 Å². The molecule has 0 radical (unpaired) electrons. The fraction of sp³-hybridized carbons (Fsp3) is 0.167. The van der Waals surface area contributed by atoms with Crippen molar-refractivity contribution < 1.29 is 24.1 Å². The number of alkyl carbamates (subject to hydrolysis) is 1. The summed E-state index contributed by atoms with van der Waals surface area (Å²) in [6, 6.07) is 20.0. The largest absolute Gasteiger partial charge is 0.480 e. The van der Waals surface area contributed by atoms with E-state index in [2.05, 4.69) is 15.6 Å². The third kappa shape index (κ3) is 3.56. The number of aromatic nitrogens is 2. The van der Waals surface area contributed by atoms with Crippen LogP contribution in [0.1, 0.15) is 22.6 Å². The minimum absolute atomic E-state index is 0.0189. The number of carboxylic acid groups (broad SMARTS) is 1. The molecule has 1 aromatic heterocycles. The first-order valence-corrected chi connectivity index (χ1v) is 10.2. The molecule has 1 heterocycles. The summed E-state index contributed by atoms with van der Waals surface area (Å²) in [5, 5.41) is 19.6. The molecule has 0 fully saturated rings. The van der Waals surface area contributed by atoms with Crippen molar-refractivity contribution in [1.82, 2.24) is 15.6 Å². The SMILES string of the molecule is O=C(NC(Cc1cccc2nonc12)C(=O)O)OCC1c2ccccc2-c2ccccc21. The van der Waals surface area contributed by atoms with Crippen molar-refractivity contribution in [3.8, 4) is 11.1 Å². The first-order chi connectivity index (χ1) is 15.6. The van der Waals surface area contributed by atoms with Crippen molar-refractivity contribution in [3.63, 3.8) is 0 Å². The molecule has 1 aliphatic rings. The normalized spacial score (nSPS) is 13.4. The predicted octanol–water partition coefficient (Wildman–Crippen LogP) is 3.76. The topological polar surface area (TPSA) is 115 Å². The van der Waals surface area contributed by atoms with E-state index in [0.29, 0.717) is 16.6 Å². The number of ether oxygens (including phenoxy) is 1. The van der Waals surface area contributed by atoms with Crippen LogP contribution in [-0.4, -0.2) is 40.1 Å². The molecule has 32 heavy (non-hydrogen) atoms. The summed E-state index contributed by atoms with van der Waals surface area (Å²) < 4.78 is 10.2. The van der Waals surface area contributed by atoms with E-state index in [0.717, 1.165) is 22.3 Å². The highest BCUT2D eigenvalue weighted by Crippen LogP contribution is 2.44. The molecule has 8 nitrogen and oxygen atoms in total. The lowest BCUT2D eigenvalue weighted by Gasteiger charge is -2.17. The zero-order chi connectivity index (χ0) is 22.1. The Morgan fingerprint density at radius 3 is 2.34 bits per heavy atom. The third-order valence-corrected chi connectivity index (χ3v) is 5.73. The second kappa shape index (κ2) is 8.14. The van der Waals surface area contributed by atoms with Gasteiger partial charge in [-0.2, -0.15) is 0 Å². The van der Waals surface area contributed by atoms with Crippen molar-refractivity contribution in [2.75, 3.05) is 6.61 Å². The van der Waals surface area contributed by atoms with Crippen LogP contribution >= 0.6 is 0 Å². The molecular weight excluding hydrogens is 410 g/mol. The van der Waals surface area contributed by atoms with Gasteiger partial charge in [0.1, 0.15) is 23.7 Å². The van der Waals surface area contributed by atoms with E-state index in [1.165, 1.54) is 0 Å². The molecule has 2 N–H and O–H groups in total. The van der Waals surface area contributed by atoms with Gasteiger partial charge in [-0.25, -0.2) is 14.2 Å². The predicted molar refractivity (Wildman–Crippen MR) is 115 cm³/mol. The number of carboxylic acids is 1. The number of carbonyl (C=O) groups is 2. The van der Waals surface area contributed by atoms with E-state index in [-0.39, 0.29) is 18.9 Å². The van der Waals surface area contributed by atoms with Gasteiger partial charge in [0, 0.05) is 12.3 Å². The number of nitrogens with one attached hydrogen (secondary N) is 1. The van der Waals surface area contributed by atoms with Gasteiger partial charge in [-0.1, -0.05) is 60.7 Å². The first-order valence-electron chi connectivity index (χ1n) is 10.2. The number of fused-ring (bicyclic) bond motifs is 4. The van der Waals surface area contributed by atoms with Crippen molar-refractivity contribution in [1.29, 1.82) is 0 Å². The van der Waals surface area contributed by atoms with Crippen LogP contribution in [0.4, 0.5) is 4.79 Å². The van der Waals surface area contributed by atoms with Crippen LogP contribution in [0.25, 0.3) is 22.2 Å². The maximum Gasteiger partial charge on any atom is 0.407 e. The zero-order valence-electron chi connectivity index (χ0n) is 16.9. The molecule has 0 spiro atoms. The molecule has 1 atom stereocenters. The Hall–Kier alpha value is -4.20. The Bertz CT molecular complexity index is 1270. The lowest BCUT2D eigenvalue weighted by atomic mass is 9.98. The van der Waals surface area contributed by atoms with Gasteiger partial charge in [0.15, 0.2) is 0 Å². The Labute approximate surface area is 182 Å². The Morgan fingerprint density at radius 2 is 1.66 bits per heavy atom. The van der Waals surface area contributed by atoms with Crippen LogP contribution < -0.4 is 5.32 Å². The van der Waals surface area contributed by atoms with Crippen molar-refractivity contribution in [2.24, 2.45) is 0 Å². The molecule has 5 rings (SSSR count). The van der Waals surface area contributed by atoms with Gasteiger partial charge in [-0.3, -0.25) is 0 Å². The zero-order valence-corrected chi connectivity index (χ0v) is 16.9. The molecule has 0 bridgehead atoms. The van der Waals surface area contributed by atoms with E-state index in [1.54, 1.807) is 18.2 Å². The first kappa shape index (κ1) is 19.7. The summed E-state index contributed by atoms with van der Waals surface area (Å²) in [7, 11) is 0.